The fourth-order valence-corrected chi connectivity index (χ4v) is 2.03. The number of para-hydroxylation sites is 1. The third-order valence-electron chi connectivity index (χ3n) is 3.09. The Labute approximate surface area is 120 Å². The Bertz CT molecular complexity index is 805. The van der Waals surface area contributed by atoms with Crippen LogP contribution < -0.4 is 10.5 Å². The van der Waals surface area contributed by atoms with E-state index in [1.165, 1.54) is 6.07 Å². The van der Waals surface area contributed by atoms with E-state index in [-0.39, 0.29) is 12.3 Å². The summed E-state index contributed by atoms with van der Waals surface area (Å²) in [7, 11) is 0. The predicted molar refractivity (Wildman–Crippen MR) is 76.1 cm³/mol. The number of rotatable bonds is 3. The van der Waals surface area contributed by atoms with Gasteiger partial charge in [-0.05, 0) is 24.3 Å². The molecule has 0 fully saturated rings. The first-order valence-corrected chi connectivity index (χ1v) is 6.39. The van der Waals surface area contributed by atoms with Gasteiger partial charge in [0.25, 0.3) is 0 Å². The standard InChI is InChI=1S/C16H12F2N2O/c17-13-6-5-12(8-14(13)18)21-16-11(9-19)7-10-3-1-2-4-15(10)20-16/h1-8H,9,19H2. The molecule has 0 aliphatic rings. The molecule has 3 nitrogen and oxygen atoms in total. The first-order valence-electron chi connectivity index (χ1n) is 6.39. The van der Waals surface area contributed by atoms with Crippen molar-refractivity contribution in [3.05, 3.63) is 65.7 Å². The average molecular weight is 286 g/mol. The van der Waals surface area contributed by atoms with Crippen LogP contribution in [0, 0.1) is 11.6 Å². The summed E-state index contributed by atoms with van der Waals surface area (Å²) in [6, 6.07) is 12.7. The van der Waals surface area contributed by atoms with E-state index >= 15 is 0 Å². The lowest BCUT2D eigenvalue weighted by Crippen LogP contribution is -2.02. The maximum absolute atomic E-state index is 13.2. The van der Waals surface area contributed by atoms with Crippen molar-refractivity contribution in [2.75, 3.05) is 0 Å². The summed E-state index contributed by atoms with van der Waals surface area (Å²) < 4.78 is 31.7. The summed E-state index contributed by atoms with van der Waals surface area (Å²) >= 11 is 0. The highest BCUT2D eigenvalue weighted by atomic mass is 19.2. The van der Waals surface area contributed by atoms with Gasteiger partial charge in [-0.2, -0.15) is 0 Å². The average Bonchev–Trinajstić information content (AvgIpc) is 2.50. The van der Waals surface area contributed by atoms with Crippen LogP contribution in [0.3, 0.4) is 0 Å². The molecule has 0 saturated carbocycles. The lowest BCUT2D eigenvalue weighted by Gasteiger charge is -2.10. The number of ether oxygens (including phenoxy) is 1. The molecule has 0 saturated heterocycles. The lowest BCUT2D eigenvalue weighted by atomic mass is 10.1. The molecule has 1 heterocycles. The van der Waals surface area contributed by atoms with Crippen molar-refractivity contribution < 1.29 is 13.5 Å². The number of benzene rings is 2. The number of halogens is 2. The second-order valence-corrected chi connectivity index (χ2v) is 4.53. The van der Waals surface area contributed by atoms with Gasteiger partial charge < -0.3 is 10.5 Å². The molecule has 0 radical (unpaired) electrons. The van der Waals surface area contributed by atoms with Crippen LogP contribution in [0.1, 0.15) is 5.56 Å². The Morgan fingerprint density at radius 3 is 2.57 bits per heavy atom. The zero-order valence-electron chi connectivity index (χ0n) is 11.0. The minimum atomic E-state index is -0.970. The van der Waals surface area contributed by atoms with Crippen LogP contribution in [-0.4, -0.2) is 4.98 Å². The Morgan fingerprint density at radius 1 is 1.00 bits per heavy atom. The molecular formula is C16H12F2N2O. The van der Waals surface area contributed by atoms with Crippen molar-refractivity contribution in [3.63, 3.8) is 0 Å². The monoisotopic (exact) mass is 286 g/mol. The van der Waals surface area contributed by atoms with E-state index in [0.717, 1.165) is 23.0 Å². The largest absolute Gasteiger partial charge is 0.439 e. The number of aromatic nitrogens is 1. The fourth-order valence-electron chi connectivity index (χ4n) is 2.03. The molecule has 106 valence electrons. The molecule has 21 heavy (non-hydrogen) atoms. The molecule has 5 heteroatoms. The van der Waals surface area contributed by atoms with Gasteiger partial charge in [0.15, 0.2) is 11.6 Å². The van der Waals surface area contributed by atoms with E-state index in [9.17, 15) is 8.78 Å². The van der Waals surface area contributed by atoms with Crippen molar-refractivity contribution in [1.82, 2.24) is 4.98 Å². The highest BCUT2D eigenvalue weighted by Crippen LogP contribution is 2.27. The van der Waals surface area contributed by atoms with Crippen LogP contribution >= 0.6 is 0 Å². The summed E-state index contributed by atoms with van der Waals surface area (Å²) in [5, 5.41) is 0.940. The number of nitrogens with zero attached hydrogens (tertiary/aromatic N) is 1. The number of fused-ring (bicyclic) bond motifs is 1. The number of hydrogen-bond acceptors (Lipinski definition) is 3. The van der Waals surface area contributed by atoms with Gasteiger partial charge in [-0.15, -0.1) is 0 Å². The Morgan fingerprint density at radius 2 is 1.81 bits per heavy atom. The predicted octanol–water partition coefficient (Wildman–Crippen LogP) is 3.76. The lowest BCUT2D eigenvalue weighted by molar-refractivity contribution is 0.444. The van der Waals surface area contributed by atoms with E-state index in [4.69, 9.17) is 10.5 Å². The van der Waals surface area contributed by atoms with Crippen LogP contribution in [0.25, 0.3) is 10.9 Å². The van der Waals surface area contributed by atoms with Gasteiger partial charge in [0.2, 0.25) is 5.88 Å². The van der Waals surface area contributed by atoms with E-state index in [1.807, 2.05) is 30.3 Å². The zero-order chi connectivity index (χ0) is 14.8. The minimum Gasteiger partial charge on any atom is -0.439 e. The van der Waals surface area contributed by atoms with Crippen LogP contribution in [0.15, 0.2) is 48.5 Å². The fraction of sp³-hybridized carbons (Fsp3) is 0.0625. The summed E-state index contributed by atoms with van der Waals surface area (Å²) in [5.41, 5.74) is 7.13. The molecule has 2 N–H and O–H groups in total. The van der Waals surface area contributed by atoms with Crippen molar-refractivity contribution >= 4 is 10.9 Å². The smallest absolute Gasteiger partial charge is 0.224 e. The van der Waals surface area contributed by atoms with E-state index < -0.39 is 11.6 Å². The summed E-state index contributed by atoms with van der Waals surface area (Å²) in [6.45, 7) is 0.233. The molecular weight excluding hydrogens is 274 g/mol. The van der Waals surface area contributed by atoms with Crippen molar-refractivity contribution in [3.8, 4) is 11.6 Å². The molecule has 3 rings (SSSR count). The maximum atomic E-state index is 13.2. The van der Waals surface area contributed by atoms with Gasteiger partial charge in [0, 0.05) is 23.6 Å². The Balaban J connectivity index is 2.04. The molecule has 3 aromatic rings. The normalized spacial score (nSPS) is 10.8. The summed E-state index contributed by atoms with van der Waals surface area (Å²) in [4.78, 5) is 4.37. The molecule has 0 spiro atoms. The van der Waals surface area contributed by atoms with Crippen LogP contribution in [0.2, 0.25) is 0 Å². The van der Waals surface area contributed by atoms with Crippen LogP contribution in [-0.2, 0) is 6.54 Å². The molecule has 0 amide bonds. The first-order chi connectivity index (χ1) is 10.2. The summed E-state index contributed by atoms with van der Waals surface area (Å²) in [6.07, 6.45) is 0. The molecule has 0 aliphatic heterocycles. The van der Waals surface area contributed by atoms with E-state index in [2.05, 4.69) is 4.98 Å². The van der Waals surface area contributed by atoms with Gasteiger partial charge >= 0.3 is 0 Å². The molecule has 0 bridgehead atoms. The van der Waals surface area contributed by atoms with Gasteiger partial charge in [0.1, 0.15) is 5.75 Å². The van der Waals surface area contributed by atoms with Gasteiger partial charge in [-0.1, -0.05) is 18.2 Å². The highest BCUT2D eigenvalue weighted by molar-refractivity contribution is 5.80. The van der Waals surface area contributed by atoms with E-state index in [0.29, 0.717) is 11.4 Å². The Kier molecular flexibility index (Phi) is 3.50. The molecule has 0 atom stereocenters. The van der Waals surface area contributed by atoms with Gasteiger partial charge in [-0.25, -0.2) is 13.8 Å². The molecule has 2 aromatic carbocycles. The quantitative estimate of drug-likeness (QED) is 0.797. The zero-order valence-corrected chi connectivity index (χ0v) is 11.0. The third-order valence-corrected chi connectivity index (χ3v) is 3.09. The van der Waals surface area contributed by atoms with Crippen molar-refractivity contribution in [2.45, 2.75) is 6.54 Å². The number of pyridine rings is 1. The van der Waals surface area contributed by atoms with Crippen molar-refractivity contribution in [2.24, 2.45) is 5.73 Å². The molecule has 0 aliphatic carbocycles. The number of hydrogen-bond donors (Lipinski definition) is 1. The second kappa shape index (κ2) is 5.46. The molecule has 1 aromatic heterocycles. The Hall–Kier alpha value is -2.53. The first kappa shape index (κ1) is 13.5. The summed E-state index contributed by atoms with van der Waals surface area (Å²) in [5.74, 6) is -1.43. The van der Waals surface area contributed by atoms with Crippen molar-refractivity contribution in [1.29, 1.82) is 0 Å². The number of nitrogens with two attached hydrogens (primary N) is 1. The molecule has 0 unspecified atom stereocenters. The third kappa shape index (κ3) is 2.68. The minimum absolute atomic E-state index is 0.173. The maximum Gasteiger partial charge on any atom is 0.224 e. The van der Waals surface area contributed by atoms with E-state index in [1.54, 1.807) is 0 Å². The van der Waals surface area contributed by atoms with Crippen LogP contribution in [0.4, 0.5) is 8.78 Å². The topological polar surface area (TPSA) is 48.1 Å². The van der Waals surface area contributed by atoms with Gasteiger partial charge in [0.05, 0.1) is 5.52 Å². The highest BCUT2D eigenvalue weighted by Gasteiger charge is 2.10. The SMILES string of the molecule is NCc1cc2ccccc2nc1Oc1ccc(F)c(F)c1. The van der Waals surface area contributed by atoms with Crippen LogP contribution in [0.5, 0.6) is 11.6 Å². The van der Waals surface area contributed by atoms with Gasteiger partial charge in [-0.3, -0.25) is 0 Å². The second-order valence-electron chi connectivity index (χ2n) is 4.53.